The van der Waals surface area contributed by atoms with Gasteiger partial charge in [0.15, 0.2) is 11.5 Å². The third-order valence-corrected chi connectivity index (χ3v) is 5.19. The number of methoxy groups -OCH3 is 2. The fourth-order valence-electron chi connectivity index (χ4n) is 3.78. The largest absolute Gasteiger partial charge is 0.493 e. The van der Waals surface area contributed by atoms with Crippen LogP contribution in [0, 0.1) is 5.82 Å². The van der Waals surface area contributed by atoms with Crippen LogP contribution in [-0.2, 0) is 6.42 Å². The summed E-state index contributed by atoms with van der Waals surface area (Å²) in [5, 5.41) is 2.96. The number of quaternary nitrogens is 1. The minimum atomic E-state index is -0.425. The molecule has 2 aromatic rings. The number of hydrogen-bond donors (Lipinski definition) is 2. The minimum Gasteiger partial charge on any atom is -0.493 e. The second-order valence-electron chi connectivity index (χ2n) is 6.83. The highest BCUT2D eigenvalue weighted by Gasteiger charge is 2.32. The first kappa shape index (κ1) is 19.9. The molecular weight excluding hydrogens is 359 g/mol. The lowest BCUT2D eigenvalue weighted by Crippen LogP contribution is -3.13. The maximum absolute atomic E-state index is 13.4. The summed E-state index contributed by atoms with van der Waals surface area (Å²) in [7, 11) is 3.24. The molecule has 0 radical (unpaired) electrons. The Kier molecular flexibility index (Phi) is 6.31. The number of amides is 1. The van der Waals surface area contributed by atoms with Gasteiger partial charge in [-0.05, 0) is 42.0 Å². The van der Waals surface area contributed by atoms with Crippen molar-refractivity contribution in [2.75, 3.05) is 33.9 Å². The fourth-order valence-corrected chi connectivity index (χ4v) is 3.78. The van der Waals surface area contributed by atoms with E-state index in [1.807, 2.05) is 18.2 Å². The molecule has 5 nitrogen and oxygen atoms in total. The predicted molar refractivity (Wildman–Crippen MR) is 106 cm³/mol. The van der Waals surface area contributed by atoms with Crippen LogP contribution in [0.3, 0.4) is 0 Å². The monoisotopic (exact) mass is 385 g/mol. The lowest BCUT2D eigenvalue weighted by molar-refractivity contribution is -0.927. The van der Waals surface area contributed by atoms with E-state index >= 15 is 0 Å². The van der Waals surface area contributed by atoms with Gasteiger partial charge in [0.05, 0.1) is 33.9 Å². The zero-order valence-electron chi connectivity index (χ0n) is 16.3. The van der Waals surface area contributed by atoms with Crippen LogP contribution in [0.5, 0.6) is 11.5 Å². The van der Waals surface area contributed by atoms with Crippen molar-refractivity contribution in [1.82, 2.24) is 5.32 Å². The first-order valence-electron chi connectivity index (χ1n) is 9.31. The lowest BCUT2D eigenvalue weighted by Gasteiger charge is -2.34. The third kappa shape index (κ3) is 4.17. The van der Waals surface area contributed by atoms with Crippen LogP contribution in [0.15, 0.2) is 49.1 Å². The van der Waals surface area contributed by atoms with Gasteiger partial charge in [-0.3, -0.25) is 4.79 Å². The molecule has 0 aromatic heterocycles. The van der Waals surface area contributed by atoms with Gasteiger partial charge in [-0.1, -0.05) is 12.6 Å². The van der Waals surface area contributed by atoms with Crippen LogP contribution >= 0.6 is 0 Å². The van der Waals surface area contributed by atoms with Crippen molar-refractivity contribution in [2.45, 2.75) is 12.5 Å². The molecule has 0 aliphatic carbocycles. The predicted octanol–water partition coefficient (Wildman–Crippen LogP) is 1.94. The quantitative estimate of drug-likeness (QED) is 0.717. The summed E-state index contributed by atoms with van der Waals surface area (Å²) >= 11 is 0. The molecule has 0 spiro atoms. The highest BCUT2D eigenvalue weighted by atomic mass is 19.1. The van der Waals surface area contributed by atoms with Gasteiger partial charge in [-0.15, -0.1) is 0 Å². The normalized spacial score (nSPS) is 18.1. The summed E-state index contributed by atoms with van der Waals surface area (Å²) in [6.07, 6.45) is 2.80. The molecule has 1 aliphatic rings. The number of benzene rings is 2. The van der Waals surface area contributed by atoms with Crippen molar-refractivity contribution < 1.29 is 23.6 Å². The first-order valence-corrected chi connectivity index (χ1v) is 9.31. The van der Waals surface area contributed by atoms with Crippen molar-refractivity contribution in [3.8, 4) is 11.5 Å². The summed E-state index contributed by atoms with van der Waals surface area (Å²) in [6.45, 7) is 6.01. The topological polar surface area (TPSA) is 52.0 Å². The number of carbonyl (C=O) groups is 1. The van der Waals surface area contributed by atoms with E-state index in [0.717, 1.165) is 25.1 Å². The van der Waals surface area contributed by atoms with Crippen molar-refractivity contribution in [3.05, 3.63) is 71.6 Å². The smallest absolute Gasteiger partial charge is 0.251 e. The summed E-state index contributed by atoms with van der Waals surface area (Å²) in [5.74, 6) is 0.662. The summed E-state index contributed by atoms with van der Waals surface area (Å²) < 4.78 is 24.3. The second-order valence-corrected chi connectivity index (χ2v) is 6.83. The first-order chi connectivity index (χ1) is 13.6. The molecule has 28 heavy (non-hydrogen) atoms. The SMILES string of the molecule is C=CC[NH+]1CCc2cc(OC)c(OC)cc2[C@H]1CNC(=O)c1cccc(F)c1. The Hall–Kier alpha value is -2.86. The van der Waals surface area contributed by atoms with Crippen molar-refractivity contribution in [1.29, 1.82) is 0 Å². The van der Waals surface area contributed by atoms with Crippen LogP contribution < -0.4 is 19.7 Å². The molecule has 1 aliphatic heterocycles. The molecule has 6 heteroatoms. The van der Waals surface area contributed by atoms with E-state index in [1.54, 1.807) is 20.3 Å². The Morgan fingerprint density at radius 1 is 1.29 bits per heavy atom. The van der Waals surface area contributed by atoms with Crippen LogP contribution in [0.1, 0.15) is 27.5 Å². The molecule has 0 bridgehead atoms. The molecule has 0 saturated carbocycles. The van der Waals surface area contributed by atoms with Gasteiger partial charge >= 0.3 is 0 Å². The van der Waals surface area contributed by atoms with Crippen LogP contribution in [-0.4, -0.2) is 39.8 Å². The highest BCUT2D eigenvalue weighted by molar-refractivity contribution is 5.94. The van der Waals surface area contributed by atoms with E-state index in [-0.39, 0.29) is 11.9 Å². The van der Waals surface area contributed by atoms with Crippen molar-refractivity contribution in [2.24, 2.45) is 0 Å². The molecule has 148 valence electrons. The van der Waals surface area contributed by atoms with Gasteiger partial charge in [0.2, 0.25) is 0 Å². The van der Waals surface area contributed by atoms with Gasteiger partial charge < -0.3 is 19.7 Å². The van der Waals surface area contributed by atoms with E-state index in [0.29, 0.717) is 23.6 Å². The minimum absolute atomic E-state index is 0.0408. The number of halogens is 1. The summed E-state index contributed by atoms with van der Waals surface area (Å²) in [4.78, 5) is 13.8. The lowest BCUT2D eigenvalue weighted by atomic mass is 9.91. The number of carbonyl (C=O) groups excluding carboxylic acids is 1. The van der Waals surface area contributed by atoms with E-state index in [1.165, 1.54) is 28.7 Å². The molecule has 0 saturated heterocycles. The third-order valence-electron chi connectivity index (χ3n) is 5.19. The average Bonchev–Trinajstić information content (AvgIpc) is 2.71. The molecular formula is C22H26FN2O3+. The van der Waals surface area contributed by atoms with E-state index in [2.05, 4.69) is 11.9 Å². The van der Waals surface area contributed by atoms with Crippen LogP contribution in [0.4, 0.5) is 4.39 Å². The zero-order valence-corrected chi connectivity index (χ0v) is 16.3. The Morgan fingerprint density at radius 2 is 2.04 bits per heavy atom. The van der Waals surface area contributed by atoms with Gasteiger partial charge in [-0.2, -0.15) is 0 Å². The van der Waals surface area contributed by atoms with Gasteiger partial charge in [0, 0.05) is 17.5 Å². The Bertz CT molecular complexity index is 869. The molecule has 0 fully saturated rings. The van der Waals surface area contributed by atoms with Crippen molar-refractivity contribution >= 4 is 5.91 Å². The number of ether oxygens (including phenoxy) is 2. The Morgan fingerprint density at radius 3 is 2.71 bits per heavy atom. The van der Waals surface area contributed by atoms with E-state index in [4.69, 9.17) is 9.47 Å². The van der Waals surface area contributed by atoms with Gasteiger partial charge in [0.25, 0.3) is 5.91 Å². The molecule has 1 amide bonds. The summed E-state index contributed by atoms with van der Waals surface area (Å²) in [5.41, 5.74) is 2.63. The standard InChI is InChI=1S/C22H25FN2O3/c1-4-9-25-10-8-15-12-20(27-2)21(28-3)13-18(15)19(25)14-24-22(26)16-6-5-7-17(23)11-16/h4-7,11-13,19H,1,8-10,14H2,2-3H3,(H,24,26)/p+1/t19-/m1/s1. The number of rotatable bonds is 7. The molecule has 3 rings (SSSR count). The zero-order chi connectivity index (χ0) is 20.1. The molecule has 2 atom stereocenters. The Labute approximate surface area is 164 Å². The van der Waals surface area contributed by atoms with E-state index < -0.39 is 5.82 Å². The maximum atomic E-state index is 13.4. The maximum Gasteiger partial charge on any atom is 0.251 e. The van der Waals surface area contributed by atoms with Crippen LogP contribution in [0.25, 0.3) is 0 Å². The fraction of sp³-hybridized carbons (Fsp3) is 0.318. The molecule has 2 N–H and O–H groups in total. The van der Waals surface area contributed by atoms with Gasteiger partial charge in [-0.25, -0.2) is 4.39 Å². The van der Waals surface area contributed by atoms with E-state index in [9.17, 15) is 9.18 Å². The Balaban J connectivity index is 1.86. The molecule has 1 unspecified atom stereocenters. The highest BCUT2D eigenvalue weighted by Crippen LogP contribution is 2.34. The molecule has 2 aromatic carbocycles. The van der Waals surface area contributed by atoms with Crippen molar-refractivity contribution in [3.63, 3.8) is 0 Å². The average molecular weight is 385 g/mol. The van der Waals surface area contributed by atoms with Crippen LogP contribution in [0.2, 0.25) is 0 Å². The van der Waals surface area contributed by atoms with Gasteiger partial charge in [0.1, 0.15) is 11.9 Å². The number of fused-ring (bicyclic) bond motifs is 1. The summed E-state index contributed by atoms with van der Waals surface area (Å²) in [6, 6.07) is 9.76. The number of nitrogens with one attached hydrogen (secondary N) is 2. The number of hydrogen-bond acceptors (Lipinski definition) is 3. The second kappa shape index (κ2) is 8.89. The molecule has 1 heterocycles.